The zero-order chi connectivity index (χ0) is 15.4. The summed E-state index contributed by atoms with van der Waals surface area (Å²) >= 11 is 2.90. The van der Waals surface area contributed by atoms with Crippen molar-refractivity contribution >= 4 is 49.8 Å². The van der Waals surface area contributed by atoms with Gasteiger partial charge in [0.05, 0.1) is 10.2 Å². The van der Waals surface area contributed by atoms with E-state index in [4.69, 9.17) is 0 Å². The van der Waals surface area contributed by atoms with Gasteiger partial charge in [-0.25, -0.2) is 4.98 Å². The standard InChI is InChI=1S/C15H13N3O2S2/c19-13(5-7-16-14(20)10-6-8-21-9-10)18-15-17-11-3-1-2-4-12(11)22-15/h1-4,6,8-9H,5,7H2,(H,16,20)(H,17,18,19). The first-order valence-electron chi connectivity index (χ1n) is 6.68. The number of carbonyl (C=O) groups excluding carboxylic acids is 2. The number of hydrogen-bond acceptors (Lipinski definition) is 5. The SMILES string of the molecule is O=C(CCNC(=O)c1ccsc1)Nc1nc2ccccc2s1. The lowest BCUT2D eigenvalue weighted by Gasteiger charge is -2.03. The van der Waals surface area contributed by atoms with Gasteiger partial charge in [0.2, 0.25) is 5.91 Å². The number of rotatable bonds is 5. The third kappa shape index (κ3) is 3.49. The van der Waals surface area contributed by atoms with E-state index < -0.39 is 0 Å². The van der Waals surface area contributed by atoms with Crippen LogP contribution in [-0.2, 0) is 4.79 Å². The van der Waals surface area contributed by atoms with Crippen molar-refractivity contribution in [1.29, 1.82) is 0 Å². The number of nitrogens with one attached hydrogen (secondary N) is 2. The number of thiazole rings is 1. The Balaban J connectivity index is 1.49. The molecule has 5 nitrogen and oxygen atoms in total. The molecule has 1 aromatic carbocycles. The summed E-state index contributed by atoms with van der Waals surface area (Å²) in [6.07, 6.45) is 0.214. The summed E-state index contributed by atoms with van der Waals surface area (Å²) in [5.74, 6) is -0.321. The van der Waals surface area contributed by atoms with E-state index in [1.807, 2.05) is 29.6 Å². The molecular formula is C15H13N3O2S2. The van der Waals surface area contributed by atoms with Crippen LogP contribution in [0.4, 0.5) is 5.13 Å². The van der Waals surface area contributed by atoms with Gasteiger partial charge in [0, 0.05) is 23.9 Å². The summed E-state index contributed by atoms with van der Waals surface area (Å²) in [6, 6.07) is 9.47. The number of hydrogen-bond donors (Lipinski definition) is 2. The number of thiophene rings is 1. The quantitative estimate of drug-likeness (QED) is 0.754. The summed E-state index contributed by atoms with van der Waals surface area (Å²) in [6.45, 7) is 0.297. The Morgan fingerprint density at radius 3 is 2.82 bits per heavy atom. The lowest BCUT2D eigenvalue weighted by Crippen LogP contribution is -2.27. The van der Waals surface area contributed by atoms with E-state index in [2.05, 4.69) is 15.6 Å². The van der Waals surface area contributed by atoms with E-state index in [1.54, 1.807) is 11.4 Å². The van der Waals surface area contributed by atoms with Crippen LogP contribution in [0.1, 0.15) is 16.8 Å². The van der Waals surface area contributed by atoms with Crippen molar-refractivity contribution in [3.05, 3.63) is 46.7 Å². The number of amides is 2. The van der Waals surface area contributed by atoms with Gasteiger partial charge < -0.3 is 10.6 Å². The molecule has 0 aliphatic heterocycles. The van der Waals surface area contributed by atoms with Crippen LogP contribution in [0.2, 0.25) is 0 Å². The zero-order valence-electron chi connectivity index (χ0n) is 11.5. The predicted molar refractivity (Wildman–Crippen MR) is 89.5 cm³/mol. The summed E-state index contributed by atoms with van der Waals surface area (Å²) < 4.78 is 1.03. The molecule has 0 saturated heterocycles. The van der Waals surface area contributed by atoms with Gasteiger partial charge in [-0.2, -0.15) is 11.3 Å². The van der Waals surface area contributed by atoms with E-state index in [9.17, 15) is 9.59 Å². The first-order valence-corrected chi connectivity index (χ1v) is 8.44. The molecule has 2 aromatic heterocycles. The molecule has 3 rings (SSSR count). The number of nitrogens with zero attached hydrogens (tertiary/aromatic N) is 1. The van der Waals surface area contributed by atoms with Crippen molar-refractivity contribution < 1.29 is 9.59 Å². The summed E-state index contributed by atoms with van der Waals surface area (Å²) in [4.78, 5) is 27.9. The van der Waals surface area contributed by atoms with Crippen LogP contribution in [0.5, 0.6) is 0 Å². The average Bonchev–Trinajstić information content (AvgIpc) is 3.15. The van der Waals surface area contributed by atoms with Crippen LogP contribution < -0.4 is 10.6 Å². The summed E-state index contributed by atoms with van der Waals surface area (Å²) in [5.41, 5.74) is 1.49. The Morgan fingerprint density at radius 1 is 1.18 bits per heavy atom. The van der Waals surface area contributed by atoms with E-state index in [0.29, 0.717) is 17.2 Å². The maximum absolute atomic E-state index is 11.9. The molecule has 0 saturated carbocycles. The molecule has 22 heavy (non-hydrogen) atoms. The van der Waals surface area contributed by atoms with Crippen molar-refractivity contribution in [2.45, 2.75) is 6.42 Å². The minimum atomic E-state index is -0.162. The molecule has 0 bridgehead atoms. The van der Waals surface area contributed by atoms with Crippen LogP contribution in [0, 0.1) is 0 Å². The predicted octanol–water partition coefficient (Wildman–Crippen LogP) is 3.12. The molecule has 2 amide bonds. The van der Waals surface area contributed by atoms with Gasteiger partial charge in [-0.15, -0.1) is 0 Å². The van der Waals surface area contributed by atoms with Crippen LogP contribution in [0.25, 0.3) is 10.2 Å². The number of carbonyl (C=O) groups is 2. The Labute approximate surface area is 135 Å². The van der Waals surface area contributed by atoms with Crippen molar-refractivity contribution in [2.75, 3.05) is 11.9 Å². The molecule has 0 aliphatic carbocycles. The van der Waals surface area contributed by atoms with E-state index in [0.717, 1.165) is 10.2 Å². The Kier molecular flexibility index (Phi) is 4.45. The first-order chi connectivity index (χ1) is 10.7. The van der Waals surface area contributed by atoms with Crippen LogP contribution in [-0.4, -0.2) is 23.3 Å². The van der Waals surface area contributed by atoms with Crippen molar-refractivity contribution in [1.82, 2.24) is 10.3 Å². The minimum Gasteiger partial charge on any atom is -0.351 e. The van der Waals surface area contributed by atoms with Gasteiger partial charge in [0.1, 0.15) is 0 Å². The molecule has 0 aliphatic rings. The minimum absolute atomic E-state index is 0.158. The Hall–Kier alpha value is -2.25. The van der Waals surface area contributed by atoms with Gasteiger partial charge >= 0.3 is 0 Å². The Bertz CT molecular complexity index is 763. The molecule has 2 N–H and O–H groups in total. The van der Waals surface area contributed by atoms with Crippen molar-refractivity contribution in [3.8, 4) is 0 Å². The molecule has 2 heterocycles. The molecule has 0 fully saturated rings. The highest BCUT2D eigenvalue weighted by Crippen LogP contribution is 2.25. The molecule has 3 aromatic rings. The van der Waals surface area contributed by atoms with Crippen LogP contribution in [0.15, 0.2) is 41.1 Å². The average molecular weight is 331 g/mol. The second-order valence-corrected chi connectivity index (χ2v) is 6.36. The molecule has 112 valence electrons. The topological polar surface area (TPSA) is 71.1 Å². The molecule has 7 heteroatoms. The van der Waals surface area contributed by atoms with E-state index in [1.165, 1.54) is 22.7 Å². The fourth-order valence-electron chi connectivity index (χ4n) is 1.89. The fraction of sp³-hybridized carbons (Fsp3) is 0.133. The Morgan fingerprint density at radius 2 is 2.05 bits per heavy atom. The molecular weight excluding hydrogens is 318 g/mol. The molecule has 0 spiro atoms. The number of para-hydroxylation sites is 1. The monoisotopic (exact) mass is 331 g/mol. The third-order valence-corrected chi connectivity index (χ3v) is 4.60. The number of aromatic nitrogens is 1. The molecule has 0 unspecified atom stereocenters. The summed E-state index contributed by atoms with van der Waals surface area (Å²) in [7, 11) is 0. The second kappa shape index (κ2) is 6.67. The number of benzene rings is 1. The number of anilines is 1. The van der Waals surface area contributed by atoms with Gasteiger partial charge in [0.15, 0.2) is 5.13 Å². The van der Waals surface area contributed by atoms with Gasteiger partial charge in [-0.3, -0.25) is 9.59 Å². The first kappa shape index (κ1) is 14.7. The smallest absolute Gasteiger partial charge is 0.252 e. The van der Waals surface area contributed by atoms with E-state index in [-0.39, 0.29) is 18.2 Å². The van der Waals surface area contributed by atoms with E-state index >= 15 is 0 Å². The normalized spacial score (nSPS) is 10.5. The van der Waals surface area contributed by atoms with Gasteiger partial charge in [-0.05, 0) is 23.6 Å². The van der Waals surface area contributed by atoms with Crippen LogP contribution >= 0.6 is 22.7 Å². The number of fused-ring (bicyclic) bond motifs is 1. The molecule has 0 radical (unpaired) electrons. The highest BCUT2D eigenvalue weighted by molar-refractivity contribution is 7.22. The lowest BCUT2D eigenvalue weighted by molar-refractivity contribution is -0.116. The van der Waals surface area contributed by atoms with Gasteiger partial charge in [0.25, 0.3) is 5.91 Å². The maximum Gasteiger partial charge on any atom is 0.252 e. The fourth-order valence-corrected chi connectivity index (χ4v) is 3.41. The highest BCUT2D eigenvalue weighted by Gasteiger charge is 2.09. The largest absolute Gasteiger partial charge is 0.351 e. The molecule has 0 atom stereocenters. The second-order valence-electron chi connectivity index (χ2n) is 4.55. The summed E-state index contributed by atoms with van der Waals surface area (Å²) in [5, 5.41) is 9.67. The van der Waals surface area contributed by atoms with Crippen molar-refractivity contribution in [2.24, 2.45) is 0 Å². The van der Waals surface area contributed by atoms with Crippen molar-refractivity contribution in [3.63, 3.8) is 0 Å². The maximum atomic E-state index is 11.9. The zero-order valence-corrected chi connectivity index (χ0v) is 13.2. The van der Waals surface area contributed by atoms with Crippen LogP contribution in [0.3, 0.4) is 0 Å². The highest BCUT2D eigenvalue weighted by atomic mass is 32.1. The third-order valence-electron chi connectivity index (χ3n) is 2.96. The lowest BCUT2D eigenvalue weighted by atomic mass is 10.3. The van der Waals surface area contributed by atoms with Gasteiger partial charge in [-0.1, -0.05) is 23.5 Å².